The SMILES string of the molecule is Nc1nc(-n2cc(N(C=O)CC3CCCC3)cn2)nc2c1ncn2[C@@H]1O[C@H](CO)[C@@H](O)[C@H]1O. The normalized spacial score (nSPS) is 25.8. The third-order valence-electron chi connectivity index (χ3n) is 6.39. The van der Waals surface area contributed by atoms with Crippen LogP contribution in [0.4, 0.5) is 11.5 Å². The van der Waals surface area contributed by atoms with Crippen molar-refractivity contribution >= 4 is 29.1 Å². The summed E-state index contributed by atoms with van der Waals surface area (Å²) in [6.45, 7) is 0.184. The number of aromatic nitrogens is 6. The molecule has 0 spiro atoms. The number of carbonyl (C=O) groups is 1. The lowest BCUT2D eigenvalue weighted by Gasteiger charge is -2.19. The first kappa shape index (κ1) is 21.7. The summed E-state index contributed by atoms with van der Waals surface area (Å²) in [5, 5.41) is 34.1. The van der Waals surface area contributed by atoms with Crippen LogP contribution in [0.3, 0.4) is 0 Å². The second-order valence-electron chi connectivity index (χ2n) is 8.51. The number of hydrogen-bond acceptors (Lipinski definition) is 10. The van der Waals surface area contributed by atoms with E-state index in [1.807, 2.05) is 0 Å². The van der Waals surface area contributed by atoms with E-state index in [0.29, 0.717) is 23.7 Å². The van der Waals surface area contributed by atoms with Gasteiger partial charge in [0.25, 0.3) is 5.95 Å². The molecular formula is C20H26N8O5. The highest BCUT2D eigenvalue weighted by atomic mass is 16.6. The van der Waals surface area contributed by atoms with Gasteiger partial charge in [0.15, 0.2) is 17.7 Å². The van der Waals surface area contributed by atoms with Crippen molar-refractivity contribution in [2.75, 3.05) is 23.8 Å². The Balaban J connectivity index is 1.46. The van der Waals surface area contributed by atoms with Crippen molar-refractivity contribution in [2.24, 2.45) is 5.92 Å². The van der Waals surface area contributed by atoms with Crippen LogP contribution in [0.5, 0.6) is 0 Å². The number of carbonyl (C=O) groups excluding carboxylic acids is 1. The van der Waals surface area contributed by atoms with Crippen LogP contribution >= 0.6 is 0 Å². The van der Waals surface area contributed by atoms with E-state index in [-0.39, 0.29) is 17.4 Å². The molecule has 4 heterocycles. The van der Waals surface area contributed by atoms with Crippen molar-refractivity contribution < 1.29 is 24.9 Å². The lowest BCUT2D eigenvalue weighted by molar-refractivity contribution is -0.107. The van der Waals surface area contributed by atoms with Gasteiger partial charge in [0.1, 0.15) is 23.8 Å². The van der Waals surface area contributed by atoms with E-state index >= 15 is 0 Å². The largest absolute Gasteiger partial charge is 0.394 e. The van der Waals surface area contributed by atoms with Crippen molar-refractivity contribution in [1.29, 1.82) is 0 Å². The third-order valence-corrected chi connectivity index (χ3v) is 6.39. The maximum absolute atomic E-state index is 11.7. The molecule has 0 radical (unpaired) electrons. The van der Waals surface area contributed by atoms with Gasteiger partial charge in [-0.2, -0.15) is 15.1 Å². The summed E-state index contributed by atoms with van der Waals surface area (Å²) in [5.74, 6) is 0.717. The number of anilines is 2. The second-order valence-corrected chi connectivity index (χ2v) is 8.51. The summed E-state index contributed by atoms with van der Waals surface area (Å²) in [6.07, 6.45) is 5.47. The Hall–Kier alpha value is -3.13. The minimum Gasteiger partial charge on any atom is -0.394 e. The highest BCUT2D eigenvalue weighted by Crippen LogP contribution is 2.32. The van der Waals surface area contributed by atoms with Crippen molar-refractivity contribution in [2.45, 2.75) is 50.2 Å². The summed E-state index contributed by atoms with van der Waals surface area (Å²) in [4.78, 5) is 26.3. The average molecular weight is 458 g/mol. The van der Waals surface area contributed by atoms with Gasteiger partial charge in [0, 0.05) is 6.54 Å². The van der Waals surface area contributed by atoms with Gasteiger partial charge in [-0.3, -0.25) is 9.36 Å². The predicted octanol–water partition coefficient (Wildman–Crippen LogP) is -0.641. The number of nitrogen functional groups attached to an aromatic ring is 1. The van der Waals surface area contributed by atoms with Crippen LogP contribution in [0, 0.1) is 5.92 Å². The molecule has 2 aliphatic rings. The summed E-state index contributed by atoms with van der Waals surface area (Å²) < 4.78 is 8.43. The van der Waals surface area contributed by atoms with Gasteiger partial charge in [-0.1, -0.05) is 12.8 Å². The molecule has 0 unspecified atom stereocenters. The van der Waals surface area contributed by atoms with Crippen LogP contribution in [0.1, 0.15) is 31.9 Å². The summed E-state index contributed by atoms with van der Waals surface area (Å²) in [5.41, 5.74) is 7.28. The lowest BCUT2D eigenvalue weighted by atomic mass is 10.1. The predicted molar refractivity (Wildman–Crippen MR) is 115 cm³/mol. The third kappa shape index (κ3) is 3.82. The van der Waals surface area contributed by atoms with Crippen molar-refractivity contribution in [3.05, 3.63) is 18.7 Å². The first-order valence-corrected chi connectivity index (χ1v) is 10.9. The fourth-order valence-electron chi connectivity index (χ4n) is 4.58. The van der Waals surface area contributed by atoms with Gasteiger partial charge in [-0.15, -0.1) is 0 Å². The van der Waals surface area contributed by atoms with Crippen LogP contribution in [0.2, 0.25) is 0 Å². The van der Waals surface area contributed by atoms with E-state index < -0.39 is 31.1 Å². The van der Waals surface area contributed by atoms with Crippen molar-refractivity contribution in [1.82, 2.24) is 29.3 Å². The maximum atomic E-state index is 11.7. The molecule has 1 amide bonds. The Morgan fingerprint density at radius 3 is 2.73 bits per heavy atom. The van der Waals surface area contributed by atoms with Gasteiger partial charge in [-0.25, -0.2) is 9.67 Å². The van der Waals surface area contributed by atoms with Gasteiger partial charge < -0.3 is 30.7 Å². The number of aliphatic hydroxyl groups excluding tert-OH is 3. The zero-order chi connectivity index (χ0) is 23.1. The van der Waals surface area contributed by atoms with E-state index in [2.05, 4.69) is 20.1 Å². The molecule has 1 saturated heterocycles. The van der Waals surface area contributed by atoms with E-state index in [1.165, 1.54) is 28.4 Å². The Kier molecular flexibility index (Phi) is 5.70. The Bertz CT molecular complexity index is 1140. The van der Waals surface area contributed by atoms with E-state index in [9.17, 15) is 20.1 Å². The van der Waals surface area contributed by atoms with Gasteiger partial charge in [0.05, 0.1) is 31.0 Å². The molecule has 2 fully saturated rings. The Morgan fingerprint density at radius 2 is 2.03 bits per heavy atom. The van der Waals surface area contributed by atoms with Gasteiger partial charge >= 0.3 is 0 Å². The highest BCUT2D eigenvalue weighted by Gasteiger charge is 2.44. The van der Waals surface area contributed by atoms with Gasteiger partial charge in [0.2, 0.25) is 6.41 Å². The monoisotopic (exact) mass is 458 g/mol. The van der Waals surface area contributed by atoms with E-state index in [0.717, 1.165) is 19.3 Å². The summed E-state index contributed by atoms with van der Waals surface area (Å²) in [6, 6.07) is 0. The van der Waals surface area contributed by atoms with Crippen LogP contribution in [0.25, 0.3) is 17.1 Å². The molecule has 0 aromatic carbocycles. The number of imidazole rings is 1. The second kappa shape index (κ2) is 8.67. The average Bonchev–Trinajstić information content (AvgIpc) is 3.60. The number of hydrogen-bond donors (Lipinski definition) is 4. The molecule has 3 aromatic rings. The van der Waals surface area contributed by atoms with Crippen molar-refractivity contribution in [3.63, 3.8) is 0 Å². The number of aliphatic hydroxyl groups is 3. The molecule has 13 nitrogen and oxygen atoms in total. The number of fused-ring (bicyclic) bond motifs is 1. The molecule has 0 bridgehead atoms. The number of nitrogens with zero attached hydrogens (tertiary/aromatic N) is 7. The minimum absolute atomic E-state index is 0.0933. The first-order valence-electron chi connectivity index (χ1n) is 10.9. The fourth-order valence-corrected chi connectivity index (χ4v) is 4.58. The van der Waals surface area contributed by atoms with Crippen LogP contribution < -0.4 is 10.6 Å². The molecule has 3 aromatic heterocycles. The molecule has 1 aliphatic heterocycles. The standard InChI is InChI=1S/C20H26N8O5/c21-17-14-18(27(9-22-14)19-16(32)15(31)13(8-29)33-19)25-20(24-17)28-7-12(5-23-28)26(10-30)6-11-3-1-2-4-11/h5,7,9-11,13,15-16,19,29,31-32H,1-4,6,8H2,(H2,21,24,25)/t13-,15-,16-,19-/m1/s1. The number of amides is 1. The number of nitrogens with two attached hydrogens (primary N) is 1. The quantitative estimate of drug-likeness (QED) is 0.333. The molecule has 33 heavy (non-hydrogen) atoms. The molecule has 5 N–H and O–H groups in total. The maximum Gasteiger partial charge on any atom is 0.254 e. The highest BCUT2D eigenvalue weighted by molar-refractivity contribution is 5.82. The molecule has 4 atom stereocenters. The van der Waals surface area contributed by atoms with E-state index in [4.69, 9.17) is 10.5 Å². The van der Waals surface area contributed by atoms with Crippen LogP contribution in [-0.4, -0.2) is 82.5 Å². The van der Waals surface area contributed by atoms with Crippen LogP contribution in [0.15, 0.2) is 18.7 Å². The zero-order valence-electron chi connectivity index (χ0n) is 17.8. The molecule has 13 heteroatoms. The fraction of sp³-hybridized carbons (Fsp3) is 0.550. The summed E-state index contributed by atoms with van der Waals surface area (Å²) >= 11 is 0. The number of rotatable bonds is 7. The topological polar surface area (TPSA) is 178 Å². The Labute approximate surface area is 188 Å². The van der Waals surface area contributed by atoms with Crippen molar-refractivity contribution in [3.8, 4) is 5.95 Å². The van der Waals surface area contributed by atoms with Crippen LogP contribution in [-0.2, 0) is 9.53 Å². The molecule has 5 rings (SSSR count). The van der Waals surface area contributed by atoms with E-state index in [1.54, 1.807) is 17.3 Å². The molecule has 1 aliphatic carbocycles. The lowest BCUT2D eigenvalue weighted by Crippen LogP contribution is -2.33. The Morgan fingerprint density at radius 1 is 1.24 bits per heavy atom. The zero-order valence-corrected chi connectivity index (χ0v) is 17.8. The summed E-state index contributed by atoms with van der Waals surface area (Å²) in [7, 11) is 0. The number of ether oxygens (including phenoxy) is 1. The minimum atomic E-state index is -1.30. The van der Waals surface area contributed by atoms with Gasteiger partial charge in [-0.05, 0) is 18.8 Å². The molecular weight excluding hydrogens is 432 g/mol. The molecule has 1 saturated carbocycles. The first-order chi connectivity index (χ1) is 16.0. The molecule has 176 valence electrons. The smallest absolute Gasteiger partial charge is 0.254 e.